The van der Waals surface area contributed by atoms with Gasteiger partial charge in [0.2, 0.25) is 5.91 Å². The van der Waals surface area contributed by atoms with E-state index in [2.05, 4.69) is 10.3 Å². The first-order valence-electron chi connectivity index (χ1n) is 8.05. The highest BCUT2D eigenvalue weighted by atomic mass is 32.2. The van der Waals surface area contributed by atoms with Crippen molar-refractivity contribution in [1.82, 2.24) is 4.98 Å². The molecule has 3 rings (SSSR count). The topological polar surface area (TPSA) is 94.3 Å². The molecular weight excluding hydrogens is 382 g/mol. The Balaban J connectivity index is 1.75. The van der Waals surface area contributed by atoms with Crippen molar-refractivity contribution in [3.05, 3.63) is 65.9 Å². The number of amides is 2. The van der Waals surface area contributed by atoms with Crippen molar-refractivity contribution in [3.8, 4) is 11.5 Å². The van der Waals surface area contributed by atoms with Crippen LogP contribution in [0.15, 0.2) is 58.8 Å². The van der Waals surface area contributed by atoms with Crippen LogP contribution in [0, 0.1) is 6.92 Å². The smallest absolute Gasteiger partial charge is 0.261 e. The Morgan fingerprint density at radius 3 is 2.59 bits per heavy atom. The van der Waals surface area contributed by atoms with Crippen molar-refractivity contribution in [2.75, 3.05) is 11.1 Å². The lowest BCUT2D eigenvalue weighted by Crippen LogP contribution is -2.12. The molecule has 2 amide bonds. The van der Waals surface area contributed by atoms with E-state index in [0.29, 0.717) is 22.2 Å². The van der Waals surface area contributed by atoms with Gasteiger partial charge in [-0.1, -0.05) is 41.7 Å². The number of para-hydroxylation sites is 2. The van der Waals surface area contributed by atoms with Crippen molar-refractivity contribution >= 4 is 40.0 Å². The van der Waals surface area contributed by atoms with Gasteiger partial charge in [0.05, 0.1) is 21.2 Å². The summed E-state index contributed by atoms with van der Waals surface area (Å²) in [7, 11) is 0. The van der Waals surface area contributed by atoms with E-state index in [1.807, 2.05) is 37.3 Å². The maximum atomic E-state index is 12.7. The maximum absolute atomic E-state index is 12.7. The van der Waals surface area contributed by atoms with Crippen LogP contribution >= 0.6 is 23.1 Å². The predicted octanol–water partition coefficient (Wildman–Crippen LogP) is 4.07. The van der Waals surface area contributed by atoms with Gasteiger partial charge in [0.15, 0.2) is 5.13 Å². The van der Waals surface area contributed by atoms with Gasteiger partial charge in [-0.3, -0.25) is 14.9 Å². The van der Waals surface area contributed by atoms with Crippen molar-refractivity contribution in [2.45, 2.75) is 11.1 Å². The van der Waals surface area contributed by atoms with Gasteiger partial charge >= 0.3 is 0 Å². The number of nitrogens with two attached hydrogens (primary N) is 1. The Bertz CT molecular complexity index is 958. The molecule has 138 valence electrons. The molecule has 0 saturated carbocycles. The van der Waals surface area contributed by atoms with Crippen LogP contribution in [0.4, 0.5) is 5.13 Å². The van der Waals surface area contributed by atoms with E-state index in [1.165, 1.54) is 23.1 Å². The van der Waals surface area contributed by atoms with Crippen LogP contribution < -0.4 is 15.8 Å². The number of aromatic nitrogens is 1. The van der Waals surface area contributed by atoms with Crippen LogP contribution in [0.3, 0.4) is 0 Å². The third-order valence-electron chi connectivity index (χ3n) is 3.42. The Labute approximate surface area is 164 Å². The molecule has 0 unspecified atom stereocenters. The number of aryl methyl sites for hydroxylation is 1. The number of ether oxygens (including phenoxy) is 1. The second kappa shape index (κ2) is 8.70. The molecule has 0 aliphatic rings. The molecule has 6 nitrogen and oxygen atoms in total. The summed E-state index contributed by atoms with van der Waals surface area (Å²) in [6.07, 6.45) is 0. The highest BCUT2D eigenvalue weighted by Gasteiger charge is 2.16. The average molecular weight is 399 g/mol. The normalized spacial score (nSPS) is 10.4. The summed E-state index contributed by atoms with van der Waals surface area (Å²) >= 11 is 2.61. The number of rotatable bonds is 7. The zero-order chi connectivity index (χ0) is 19.2. The van der Waals surface area contributed by atoms with Crippen molar-refractivity contribution in [2.24, 2.45) is 5.73 Å². The molecule has 0 fully saturated rings. The molecule has 0 spiro atoms. The number of primary amides is 1. The van der Waals surface area contributed by atoms with Crippen molar-refractivity contribution in [1.29, 1.82) is 0 Å². The second-order valence-electron chi connectivity index (χ2n) is 5.51. The highest BCUT2D eigenvalue weighted by molar-refractivity contribution is 8.01. The number of benzene rings is 2. The fraction of sp³-hybridized carbons (Fsp3) is 0.105. The second-order valence-corrected chi connectivity index (χ2v) is 7.76. The summed E-state index contributed by atoms with van der Waals surface area (Å²) < 4.78 is 6.67. The summed E-state index contributed by atoms with van der Waals surface area (Å²) in [5, 5.41) is 3.25. The summed E-state index contributed by atoms with van der Waals surface area (Å²) in [6.45, 7) is 1.82. The number of thioether (sulfide) groups is 1. The third-order valence-corrected chi connectivity index (χ3v) is 5.88. The first-order valence-corrected chi connectivity index (χ1v) is 9.85. The summed E-state index contributed by atoms with van der Waals surface area (Å²) in [5.41, 5.74) is 6.32. The SMILES string of the molecule is Cc1nc(NC(=O)c2ccccc2Oc2ccccc2)sc1SCC(N)=O. The molecule has 1 heterocycles. The van der Waals surface area contributed by atoms with Crippen LogP contribution in [0.25, 0.3) is 0 Å². The van der Waals surface area contributed by atoms with E-state index in [0.717, 1.165) is 9.90 Å². The molecule has 3 N–H and O–H groups in total. The summed E-state index contributed by atoms with van der Waals surface area (Å²) in [5.74, 6) is 0.558. The van der Waals surface area contributed by atoms with Gasteiger partial charge in [-0.15, -0.1) is 11.8 Å². The molecule has 0 aliphatic carbocycles. The van der Waals surface area contributed by atoms with E-state index in [1.54, 1.807) is 24.3 Å². The molecule has 1 aromatic heterocycles. The average Bonchev–Trinajstić information content (AvgIpc) is 3.00. The van der Waals surface area contributed by atoms with Crippen molar-refractivity contribution in [3.63, 3.8) is 0 Å². The van der Waals surface area contributed by atoms with Crippen LogP contribution in [-0.2, 0) is 4.79 Å². The number of carbonyl (C=O) groups excluding carboxylic acids is 2. The predicted molar refractivity (Wildman–Crippen MR) is 108 cm³/mol. The van der Waals surface area contributed by atoms with Gasteiger partial charge in [0, 0.05) is 0 Å². The Morgan fingerprint density at radius 2 is 1.85 bits per heavy atom. The highest BCUT2D eigenvalue weighted by Crippen LogP contribution is 2.33. The van der Waals surface area contributed by atoms with Crippen LogP contribution in [-0.4, -0.2) is 22.6 Å². The molecule has 27 heavy (non-hydrogen) atoms. The molecule has 0 atom stereocenters. The van der Waals surface area contributed by atoms with Gasteiger partial charge in [-0.2, -0.15) is 0 Å². The van der Waals surface area contributed by atoms with Crippen molar-refractivity contribution < 1.29 is 14.3 Å². The molecule has 0 bridgehead atoms. The molecular formula is C19H17N3O3S2. The van der Waals surface area contributed by atoms with E-state index in [9.17, 15) is 9.59 Å². The van der Waals surface area contributed by atoms with E-state index in [4.69, 9.17) is 10.5 Å². The minimum Gasteiger partial charge on any atom is -0.457 e. The number of carbonyl (C=O) groups is 2. The van der Waals surface area contributed by atoms with Gasteiger partial charge in [0.1, 0.15) is 11.5 Å². The first-order chi connectivity index (χ1) is 13.0. The standard InChI is InChI=1S/C19H17N3O3S2/c1-12-18(26-11-16(20)23)27-19(21-12)22-17(24)14-9-5-6-10-15(14)25-13-7-3-2-4-8-13/h2-10H,11H2,1H3,(H2,20,23)(H,21,22,24). The zero-order valence-electron chi connectivity index (χ0n) is 14.5. The number of hydrogen-bond donors (Lipinski definition) is 2. The fourth-order valence-electron chi connectivity index (χ4n) is 2.23. The van der Waals surface area contributed by atoms with E-state index >= 15 is 0 Å². The number of hydrogen-bond acceptors (Lipinski definition) is 6. The largest absolute Gasteiger partial charge is 0.457 e. The number of nitrogens with one attached hydrogen (secondary N) is 1. The van der Waals surface area contributed by atoms with Gasteiger partial charge < -0.3 is 10.5 Å². The molecule has 8 heteroatoms. The minimum atomic E-state index is -0.398. The fourth-order valence-corrected chi connectivity index (χ4v) is 4.10. The maximum Gasteiger partial charge on any atom is 0.261 e. The van der Waals surface area contributed by atoms with Gasteiger partial charge in [-0.25, -0.2) is 4.98 Å². The lowest BCUT2D eigenvalue weighted by Gasteiger charge is -2.10. The summed E-state index contributed by atoms with van der Waals surface area (Å²) in [4.78, 5) is 28.0. The van der Waals surface area contributed by atoms with Crippen LogP contribution in [0.1, 0.15) is 16.1 Å². The molecule has 0 aliphatic heterocycles. The molecule has 0 radical (unpaired) electrons. The molecule has 3 aromatic rings. The Hall–Kier alpha value is -2.84. The van der Waals surface area contributed by atoms with Crippen LogP contribution in [0.5, 0.6) is 11.5 Å². The van der Waals surface area contributed by atoms with E-state index < -0.39 is 5.91 Å². The Morgan fingerprint density at radius 1 is 1.15 bits per heavy atom. The molecule has 0 saturated heterocycles. The molecule has 2 aromatic carbocycles. The van der Waals surface area contributed by atoms with Gasteiger partial charge in [0.25, 0.3) is 5.91 Å². The Kier molecular flexibility index (Phi) is 6.10. The quantitative estimate of drug-likeness (QED) is 0.584. The lowest BCUT2D eigenvalue weighted by molar-refractivity contribution is -0.115. The third kappa shape index (κ3) is 5.08. The lowest BCUT2D eigenvalue weighted by atomic mass is 10.2. The number of thiazole rings is 1. The minimum absolute atomic E-state index is 0.171. The monoisotopic (exact) mass is 399 g/mol. The first kappa shape index (κ1) is 18.9. The summed E-state index contributed by atoms with van der Waals surface area (Å²) in [6, 6.07) is 16.3. The van der Waals surface area contributed by atoms with Gasteiger partial charge in [-0.05, 0) is 31.2 Å². The zero-order valence-corrected chi connectivity index (χ0v) is 16.1. The van der Waals surface area contributed by atoms with Crippen LogP contribution in [0.2, 0.25) is 0 Å². The number of anilines is 1. The van der Waals surface area contributed by atoms with E-state index in [-0.39, 0.29) is 11.7 Å². The number of nitrogens with zero attached hydrogens (tertiary/aromatic N) is 1.